The zero-order valence-electron chi connectivity index (χ0n) is 15.3. The van der Waals surface area contributed by atoms with E-state index in [0.29, 0.717) is 42.3 Å². The Morgan fingerprint density at radius 2 is 2.00 bits per heavy atom. The molecule has 0 unspecified atom stereocenters. The van der Waals surface area contributed by atoms with Crippen LogP contribution in [0, 0.1) is 24.5 Å². The summed E-state index contributed by atoms with van der Waals surface area (Å²) in [5.74, 6) is -0.430. The number of Topliss-reactive ketones (excluding diaryl/α,β-unsaturated/α-hetero) is 1. The molecule has 0 aliphatic carbocycles. The monoisotopic (exact) mass is 387 g/mol. The van der Waals surface area contributed by atoms with E-state index in [1.54, 1.807) is 24.0 Å². The molecule has 2 aliphatic rings. The van der Waals surface area contributed by atoms with Crippen molar-refractivity contribution >= 4 is 11.7 Å². The smallest absolute Gasteiger partial charge is 0.256 e. The van der Waals surface area contributed by atoms with Gasteiger partial charge in [0.15, 0.2) is 5.78 Å². The molecule has 146 valence electrons. The van der Waals surface area contributed by atoms with Crippen LogP contribution < -0.4 is 9.47 Å². The minimum atomic E-state index is -0.653. The number of amides is 1. The van der Waals surface area contributed by atoms with Gasteiger partial charge in [0.2, 0.25) is 0 Å². The second kappa shape index (κ2) is 7.22. The average molecular weight is 387 g/mol. The molecule has 0 saturated carbocycles. The van der Waals surface area contributed by atoms with Gasteiger partial charge in [-0.05, 0) is 36.8 Å². The number of halogens is 2. The van der Waals surface area contributed by atoms with Crippen molar-refractivity contribution in [1.29, 1.82) is 0 Å². The highest BCUT2D eigenvalue weighted by atomic mass is 19.1. The maximum Gasteiger partial charge on any atom is 0.256 e. The number of benzene rings is 2. The highest BCUT2D eigenvalue weighted by Gasteiger charge is 2.33. The number of nitrogens with zero attached hydrogens (tertiary/aromatic N) is 1. The number of aryl methyl sites for hydroxylation is 1. The van der Waals surface area contributed by atoms with Crippen molar-refractivity contribution in [1.82, 2.24) is 4.90 Å². The largest absolute Gasteiger partial charge is 0.493 e. The van der Waals surface area contributed by atoms with Gasteiger partial charge in [-0.3, -0.25) is 9.59 Å². The summed E-state index contributed by atoms with van der Waals surface area (Å²) < 4.78 is 38.5. The molecule has 2 heterocycles. The highest BCUT2D eigenvalue weighted by Crippen LogP contribution is 2.29. The molecule has 0 spiro atoms. The maximum atomic E-state index is 14.3. The van der Waals surface area contributed by atoms with E-state index in [2.05, 4.69) is 0 Å². The number of ketones is 1. The molecule has 1 fully saturated rings. The van der Waals surface area contributed by atoms with Gasteiger partial charge in [-0.25, -0.2) is 8.78 Å². The Bertz CT molecular complexity index is 954. The fourth-order valence-corrected chi connectivity index (χ4v) is 3.39. The van der Waals surface area contributed by atoms with Gasteiger partial charge in [-0.2, -0.15) is 0 Å². The van der Waals surface area contributed by atoms with Gasteiger partial charge in [0, 0.05) is 37.1 Å². The normalized spacial score (nSPS) is 16.2. The minimum Gasteiger partial charge on any atom is -0.493 e. The van der Waals surface area contributed by atoms with Crippen LogP contribution in [0.1, 0.15) is 21.5 Å². The molecule has 0 aromatic heterocycles. The van der Waals surface area contributed by atoms with E-state index in [0.717, 1.165) is 0 Å². The zero-order chi connectivity index (χ0) is 19.8. The van der Waals surface area contributed by atoms with Crippen molar-refractivity contribution in [2.75, 3.05) is 26.3 Å². The van der Waals surface area contributed by atoms with Gasteiger partial charge in [0.05, 0.1) is 12.2 Å². The summed E-state index contributed by atoms with van der Waals surface area (Å²) in [5.41, 5.74) is 0.993. The van der Waals surface area contributed by atoms with Crippen LogP contribution in [0.15, 0.2) is 30.3 Å². The highest BCUT2D eigenvalue weighted by molar-refractivity contribution is 5.96. The number of likely N-dealkylation sites (tertiary alicyclic amines) is 1. The fraction of sp³-hybridized carbons (Fsp3) is 0.333. The van der Waals surface area contributed by atoms with Crippen molar-refractivity contribution < 1.29 is 27.8 Å². The van der Waals surface area contributed by atoms with E-state index in [1.807, 2.05) is 0 Å². The third kappa shape index (κ3) is 3.56. The van der Waals surface area contributed by atoms with Gasteiger partial charge in [-0.15, -0.1) is 0 Å². The third-order valence-electron chi connectivity index (χ3n) is 5.02. The van der Waals surface area contributed by atoms with E-state index >= 15 is 0 Å². The second-order valence-corrected chi connectivity index (χ2v) is 7.24. The molecular formula is C21H19F2NO4. The first-order chi connectivity index (χ1) is 13.4. The first kappa shape index (κ1) is 18.4. The summed E-state index contributed by atoms with van der Waals surface area (Å²) in [6.45, 7) is 2.89. The van der Waals surface area contributed by atoms with Crippen molar-refractivity contribution in [2.24, 2.45) is 5.92 Å². The van der Waals surface area contributed by atoms with Crippen LogP contribution in [0.4, 0.5) is 8.78 Å². The molecule has 1 saturated heterocycles. The van der Waals surface area contributed by atoms with E-state index in [9.17, 15) is 18.4 Å². The van der Waals surface area contributed by atoms with Crippen LogP contribution in [0.5, 0.6) is 11.5 Å². The Hall–Kier alpha value is -2.96. The molecular weight excluding hydrogens is 368 g/mol. The zero-order valence-corrected chi connectivity index (χ0v) is 15.3. The van der Waals surface area contributed by atoms with Crippen LogP contribution in [0.2, 0.25) is 0 Å². The Balaban J connectivity index is 1.35. The van der Waals surface area contributed by atoms with Crippen molar-refractivity contribution in [3.8, 4) is 11.5 Å². The van der Waals surface area contributed by atoms with Crippen LogP contribution in [-0.2, 0) is 11.2 Å². The van der Waals surface area contributed by atoms with Crippen molar-refractivity contribution in [3.05, 3.63) is 58.7 Å². The van der Waals surface area contributed by atoms with E-state index in [-0.39, 0.29) is 36.1 Å². The molecule has 2 aromatic carbocycles. The Labute approximate surface area is 160 Å². The van der Waals surface area contributed by atoms with Gasteiger partial charge < -0.3 is 14.4 Å². The summed E-state index contributed by atoms with van der Waals surface area (Å²) in [6, 6.07) is 7.13. The molecule has 0 radical (unpaired) electrons. The van der Waals surface area contributed by atoms with Crippen molar-refractivity contribution in [2.45, 2.75) is 13.3 Å². The molecule has 0 bridgehead atoms. The lowest BCUT2D eigenvalue weighted by molar-refractivity contribution is -0.121. The quantitative estimate of drug-likeness (QED) is 0.810. The van der Waals surface area contributed by atoms with Crippen LogP contribution in [0.25, 0.3) is 0 Å². The minimum absolute atomic E-state index is 0.0504. The molecule has 1 amide bonds. The van der Waals surface area contributed by atoms with Crippen LogP contribution in [0.3, 0.4) is 0 Å². The number of carbonyl (C=O) groups is 2. The molecule has 2 aliphatic heterocycles. The molecule has 4 rings (SSSR count). The topological polar surface area (TPSA) is 55.8 Å². The molecule has 0 atom stereocenters. The number of carbonyl (C=O) groups excluding carboxylic acids is 2. The maximum absolute atomic E-state index is 14.3. The van der Waals surface area contributed by atoms with Crippen molar-refractivity contribution in [3.63, 3.8) is 0 Å². The first-order valence-electron chi connectivity index (χ1n) is 9.06. The lowest BCUT2D eigenvalue weighted by atomic mass is 9.97. The summed E-state index contributed by atoms with van der Waals surface area (Å²) in [6.07, 6.45) is 0.142. The van der Waals surface area contributed by atoms with Gasteiger partial charge in [0.1, 0.15) is 29.7 Å². The van der Waals surface area contributed by atoms with E-state index in [1.165, 1.54) is 18.2 Å². The van der Waals surface area contributed by atoms with Gasteiger partial charge >= 0.3 is 0 Å². The fourth-order valence-electron chi connectivity index (χ4n) is 3.39. The SMILES string of the molecule is Cc1cc(OCC2CN(C(=O)c3cc4c(cc3F)OCC(=O)C4)C2)ccc1F. The number of fused-ring (bicyclic) bond motifs is 1. The molecule has 28 heavy (non-hydrogen) atoms. The number of rotatable bonds is 4. The number of hydrogen-bond acceptors (Lipinski definition) is 4. The van der Waals surface area contributed by atoms with E-state index in [4.69, 9.17) is 9.47 Å². The average Bonchev–Trinajstić information content (AvgIpc) is 2.62. The Kier molecular flexibility index (Phi) is 4.75. The van der Waals surface area contributed by atoms with E-state index < -0.39 is 11.7 Å². The first-order valence-corrected chi connectivity index (χ1v) is 9.06. The lowest BCUT2D eigenvalue weighted by Gasteiger charge is -2.39. The third-order valence-corrected chi connectivity index (χ3v) is 5.02. The summed E-state index contributed by atoms with van der Waals surface area (Å²) in [4.78, 5) is 25.7. The molecule has 5 nitrogen and oxygen atoms in total. The second-order valence-electron chi connectivity index (χ2n) is 7.24. The number of hydrogen-bond donors (Lipinski definition) is 0. The lowest BCUT2D eigenvalue weighted by Crippen LogP contribution is -2.52. The van der Waals surface area contributed by atoms with Gasteiger partial charge in [-0.1, -0.05) is 0 Å². The van der Waals surface area contributed by atoms with Gasteiger partial charge in [0.25, 0.3) is 5.91 Å². The predicted octanol–water partition coefficient (Wildman–Crippen LogP) is 2.93. The summed E-state index contributed by atoms with van der Waals surface area (Å²) >= 11 is 0. The standard InChI is InChI=1S/C21H19F2NO4/c1-12-4-16(2-3-18(12)22)27-10-13-8-24(9-13)21(26)17-6-14-5-15(25)11-28-20(14)7-19(17)23/h2-4,6-7,13H,5,8-11H2,1H3. The summed E-state index contributed by atoms with van der Waals surface area (Å²) in [7, 11) is 0. The molecule has 7 heteroatoms. The number of ether oxygens (including phenoxy) is 2. The van der Waals surface area contributed by atoms with Crippen LogP contribution >= 0.6 is 0 Å². The molecule has 2 aromatic rings. The molecule has 0 N–H and O–H groups in total. The Morgan fingerprint density at radius 1 is 1.21 bits per heavy atom. The predicted molar refractivity (Wildman–Crippen MR) is 96.6 cm³/mol. The summed E-state index contributed by atoms with van der Waals surface area (Å²) in [5, 5.41) is 0. The Morgan fingerprint density at radius 3 is 2.75 bits per heavy atom. The van der Waals surface area contributed by atoms with Crippen LogP contribution in [-0.4, -0.2) is 42.9 Å².